The molecule has 0 aliphatic heterocycles. The van der Waals surface area contributed by atoms with Gasteiger partial charge >= 0.3 is 6.18 Å². The number of benzene rings is 1. The Balaban J connectivity index is 1.33. The summed E-state index contributed by atoms with van der Waals surface area (Å²) < 4.78 is 39.4. The van der Waals surface area contributed by atoms with Crippen molar-refractivity contribution >= 4 is 28.3 Å². The lowest BCUT2D eigenvalue weighted by atomic mass is 9.83. The van der Waals surface area contributed by atoms with E-state index < -0.39 is 11.1 Å². The topological polar surface area (TPSA) is 57.8 Å². The summed E-state index contributed by atoms with van der Waals surface area (Å²) in [7, 11) is 0. The Morgan fingerprint density at radius 1 is 1.13 bits per heavy atom. The van der Waals surface area contributed by atoms with Crippen LogP contribution in [0.4, 0.5) is 13.2 Å². The van der Waals surface area contributed by atoms with E-state index in [2.05, 4.69) is 15.3 Å². The molecular weight excluding hydrogens is 423 g/mol. The van der Waals surface area contributed by atoms with Crippen LogP contribution in [0.25, 0.3) is 11.0 Å². The van der Waals surface area contributed by atoms with Gasteiger partial charge in [-0.3, -0.25) is 4.79 Å². The first-order valence-electron chi connectivity index (χ1n) is 10.8. The molecule has 2 heterocycles. The zero-order valence-corrected chi connectivity index (χ0v) is 17.7. The highest BCUT2D eigenvalue weighted by atomic mass is 32.1. The number of imidazole rings is 1. The lowest BCUT2D eigenvalue weighted by molar-refractivity contribution is -0.134. The van der Waals surface area contributed by atoms with Gasteiger partial charge in [0.25, 0.3) is 0 Å². The molecule has 2 aromatic heterocycles. The normalized spacial score (nSPS) is 23.1. The van der Waals surface area contributed by atoms with Gasteiger partial charge in [-0.15, -0.1) is 11.3 Å². The van der Waals surface area contributed by atoms with Crippen LogP contribution in [0.15, 0.2) is 36.4 Å². The maximum absolute atomic E-state index is 13.1. The minimum atomic E-state index is -4.35. The Bertz CT molecular complexity index is 1050. The molecule has 8 heteroatoms. The molecule has 1 unspecified atom stereocenters. The summed E-state index contributed by atoms with van der Waals surface area (Å²) in [4.78, 5) is 21.0. The zero-order chi connectivity index (χ0) is 21.6. The Morgan fingerprint density at radius 3 is 2.61 bits per heavy atom. The van der Waals surface area contributed by atoms with Crippen LogP contribution >= 0.6 is 11.3 Å². The SMILES string of the molecule is O=C(NC(c1ccc(C(F)(F)F)s1)C1CCCCC1)[C@H]1C[C@@H]1c1nc2ccccc2[nH]1. The number of aromatic nitrogens is 2. The third-order valence-corrected chi connectivity index (χ3v) is 7.73. The lowest BCUT2D eigenvalue weighted by Crippen LogP contribution is -2.35. The van der Waals surface area contributed by atoms with Crippen molar-refractivity contribution in [2.24, 2.45) is 11.8 Å². The van der Waals surface area contributed by atoms with E-state index in [0.717, 1.165) is 66.4 Å². The van der Waals surface area contributed by atoms with Crippen LogP contribution in [0.5, 0.6) is 0 Å². The minimum Gasteiger partial charge on any atom is -0.348 e. The number of nitrogens with one attached hydrogen (secondary N) is 2. The van der Waals surface area contributed by atoms with E-state index in [-0.39, 0.29) is 29.7 Å². The summed E-state index contributed by atoms with van der Waals surface area (Å²) in [6, 6.07) is 10.1. The third-order valence-electron chi connectivity index (χ3n) is 6.52. The summed E-state index contributed by atoms with van der Waals surface area (Å²) in [6.45, 7) is 0. The predicted octanol–water partition coefficient (Wildman–Crippen LogP) is 6.18. The third kappa shape index (κ3) is 4.22. The van der Waals surface area contributed by atoms with Crippen molar-refractivity contribution < 1.29 is 18.0 Å². The van der Waals surface area contributed by atoms with Crippen LogP contribution in [0, 0.1) is 11.8 Å². The molecule has 0 saturated heterocycles. The highest BCUT2D eigenvalue weighted by Gasteiger charge is 2.47. The molecule has 2 aliphatic rings. The van der Waals surface area contributed by atoms with Crippen molar-refractivity contribution in [2.75, 3.05) is 0 Å². The monoisotopic (exact) mass is 447 g/mol. The Hall–Kier alpha value is -2.35. The van der Waals surface area contributed by atoms with Crippen molar-refractivity contribution in [3.05, 3.63) is 52.0 Å². The molecule has 3 aromatic rings. The Morgan fingerprint density at radius 2 is 1.90 bits per heavy atom. The molecule has 2 N–H and O–H groups in total. The molecule has 2 aliphatic carbocycles. The molecule has 0 radical (unpaired) electrons. The van der Waals surface area contributed by atoms with Crippen LogP contribution in [0.2, 0.25) is 0 Å². The quantitative estimate of drug-likeness (QED) is 0.490. The molecule has 4 nitrogen and oxygen atoms in total. The number of rotatable bonds is 5. The first-order valence-corrected chi connectivity index (χ1v) is 11.6. The fraction of sp³-hybridized carbons (Fsp3) is 0.478. The average molecular weight is 448 g/mol. The van der Waals surface area contributed by atoms with Crippen LogP contribution < -0.4 is 5.32 Å². The van der Waals surface area contributed by atoms with Gasteiger partial charge in [0.2, 0.25) is 5.91 Å². The van der Waals surface area contributed by atoms with E-state index in [1.807, 2.05) is 24.3 Å². The summed E-state index contributed by atoms with van der Waals surface area (Å²) in [5.74, 6) is 0.761. The molecule has 3 atom stereocenters. The maximum Gasteiger partial charge on any atom is 0.425 e. The number of fused-ring (bicyclic) bond motifs is 1. The Kier molecular flexibility index (Phi) is 5.28. The van der Waals surface area contributed by atoms with Crippen LogP contribution in [-0.4, -0.2) is 15.9 Å². The molecule has 31 heavy (non-hydrogen) atoms. The van der Waals surface area contributed by atoms with E-state index in [1.165, 1.54) is 6.07 Å². The highest BCUT2D eigenvalue weighted by molar-refractivity contribution is 7.12. The van der Waals surface area contributed by atoms with Crippen molar-refractivity contribution in [1.29, 1.82) is 0 Å². The second kappa shape index (κ2) is 7.97. The number of carbonyl (C=O) groups is 1. The molecule has 1 amide bonds. The highest BCUT2D eigenvalue weighted by Crippen LogP contribution is 2.48. The van der Waals surface area contributed by atoms with E-state index in [9.17, 15) is 18.0 Å². The first kappa shape index (κ1) is 20.5. The van der Waals surface area contributed by atoms with E-state index in [4.69, 9.17) is 0 Å². The minimum absolute atomic E-state index is 0.0356. The molecule has 164 valence electrons. The van der Waals surface area contributed by atoms with Crippen molar-refractivity contribution in [2.45, 2.75) is 56.7 Å². The number of aromatic amines is 1. The van der Waals surface area contributed by atoms with Crippen LogP contribution in [0.1, 0.15) is 66.1 Å². The van der Waals surface area contributed by atoms with Gasteiger partial charge in [-0.1, -0.05) is 31.4 Å². The lowest BCUT2D eigenvalue weighted by Gasteiger charge is -2.30. The number of halogens is 3. The fourth-order valence-corrected chi connectivity index (χ4v) is 5.78. The van der Waals surface area contributed by atoms with E-state index in [1.54, 1.807) is 0 Å². The van der Waals surface area contributed by atoms with Crippen LogP contribution in [-0.2, 0) is 11.0 Å². The maximum atomic E-state index is 13.1. The van der Waals surface area contributed by atoms with Gasteiger partial charge in [0.05, 0.1) is 17.1 Å². The molecule has 1 aromatic carbocycles. The average Bonchev–Trinajstić information content (AvgIpc) is 3.19. The fourth-order valence-electron chi connectivity index (χ4n) is 4.76. The number of hydrogen-bond donors (Lipinski definition) is 2. The smallest absolute Gasteiger partial charge is 0.348 e. The van der Waals surface area contributed by atoms with Crippen molar-refractivity contribution in [3.63, 3.8) is 0 Å². The van der Waals surface area contributed by atoms with Gasteiger partial charge in [-0.25, -0.2) is 4.98 Å². The second-order valence-electron chi connectivity index (χ2n) is 8.67. The van der Waals surface area contributed by atoms with Crippen LogP contribution in [0.3, 0.4) is 0 Å². The standard InChI is InChI=1S/C23H24F3N3OS/c24-23(25,26)19-11-10-18(31-19)20(13-6-2-1-3-7-13)29-22(30)15-12-14(15)21-27-16-8-4-5-9-17(16)28-21/h4-5,8-11,13-15,20H,1-3,6-7,12H2,(H,27,28)(H,29,30)/t14-,15-,20?/m0/s1. The summed E-state index contributed by atoms with van der Waals surface area (Å²) >= 11 is 0.758. The number of alkyl halides is 3. The molecule has 0 bridgehead atoms. The number of nitrogens with zero attached hydrogens (tertiary/aromatic N) is 1. The number of amides is 1. The summed E-state index contributed by atoms with van der Waals surface area (Å²) in [5, 5.41) is 3.13. The molecular formula is C23H24F3N3OS. The van der Waals surface area contributed by atoms with Crippen molar-refractivity contribution in [3.8, 4) is 0 Å². The number of H-pyrrole nitrogens is 1. The van der Waals surface area contributed by atoms with Gasteiger partial charge in [0.1, 0.15) is 10.7 Å². The predicted molar refractivity (Wildman–Crippen MR) is 114 cm³/mol. The van der Waals surface area contributed by atoms with Gasteiger partial charge < -0.3 is 10.3 Å². The zero-order valence-electron chi connectivity index (χ0n) is 16.9. The Labute approximate surface area is 182 Å². The second-order valence-corrected chi connectivity index (χ2v) is 9.79. The molecule has 0 spiro atoms. The molecule has 5 rings (SSSR count). The van der Waals surface area contributed by atoms with Gasteiger partial charge in [0.15, 0.2) is 0 Å². The van der Waals surface area contributed by atoms with Gasteiger partial charge in [-0.2, -0.15) is 13.2 Å². The summed E-state index contributed by atoms with van der Waals surface area (Å²) in [5.41, 5.74) is 1.82. The molecule has 2 fully saturated rings. The largest absolute Gasteiger partial charge is 0.425 e. The van der Waals surface area contributed by atoms with E-state index in [0.29, 0.717) is 11.3 Å². The number of thiophene rings is 1. The summed E-state index contributed by atoms with van der Waals surface area (Å²) in [6.07, 6.45) is 1.48. The number of carbonyl (C=O) groups excluding carboxylic acids is 1. The number of hydrogen-bond acceptors (Lipinski definition) is 3. The molecule has 2 saturated carbocycles. The van der Waals surface area contributed by atoms with Crippen molar-refractivity contribution in [1.82, 2.24) is 15.3 Å². The van der Waals surface area contributed by atoms with Gasteiger partial charge in [0, 0.05) is 16.7 Å². The van der Waals surface area contributed by atoms with Gasteiger partial charge in [-0.05, 0) is 49.4 Å². The van der Waals surface area contributed by atoms with E-state index >= 15 is 0 Å². The first-order chi connectivity index (χ1) is 14.9. The number of para-hydroxylation sites is 2.